The molecule has 1 saturated heterocycles. The predicted octanol–water partition coefficient (Wildman–Crippen LogP) is 6.54. The van der Waals surface area contributed by atoms with Crippen LogP contribution in [0.5, 0.6) is 0 Å². The molecule has 0 N–H and O–H groups in total. The fourth-order valence-electron chi connectivity index (χ4n) is 1.70. The molecule has 1 fully saturated rings. The zero-order chi connectivity index (χ0) is 20.0. The number of rotatable bonds is 3. The maximum atomic E-state index is 11.3. The van der Waals surface area contributed by atoms with Crippen LogP contribution in [0.2, 0.25) is 0 Å². The minimum Gasteiger partial charge on any atom is -0.444 e. The quantitative estimate of drug-likeness (QED) is 0.541. The summed E-state index contributed by atoms with van der Waals surface area (Å²) in [5.41, 5.74) is 1.82. The number of hydrogen-bond donors (Lipinski definition) is 0. The molecule has 1 aliphatic rings. The van der Waals surface area contributed by atoms with Crippen molar-refractivity contribution < 1.29 is 9.53 Å². The molecule has 0 aromatic carbocycles. The fraction of sp³-hybridized carbons (Fsp3) is 0.591. The van der Waals surface area contributed by atoms with E-state index in [9.17, 15) is 4.79 Å². The number of nitrogens with zero attached hydrogens (tertiary/aromatic N) is 1. The van der Waals surface area contributed by atoms with E-state index in [2.05, 4.69) is 33.9 Å². The molecule has 1 amide bonds. The van der Waals surface area contributed by atoms with Gasteiger partial charge in [0.1, 0.15) is 5.60 Å². The summed E-state index contributed by atoms with van der Waals surface area (Å²) in [6.45, 7) is 25.1. The van der Waals surface area contributed by atoms with E-state index in [0.29, 0.717) is 5.92 Å². The standard InChI is InChI=1S/C10H14.C9H17NO2.C3H8/c1-5-10(6-2)8-7-9(3)4;1-7-5-10(6-7)8(11)12-9(2,3)4;1-3-2/h5-8H,1,3H2,2,4H3;7H,5-6H2,1-4H3;3H2,1-2H3/b8-7-,10-6-;;. The van der Waals surface area contributed by atoms with E-state index in [1.807, 2.05) is 58.9 Å². The van der Waals surface area contributed by atoms with Crippen LogP contribution in [0, 0.1) is 5.92 Å². The van der Waals surface area contributed by atoms with Crippen LogP contribution in [0.15, 0.2) is 48.6 Å². The molecule has 1 aliphatic heterocycles. The largest absolute Gasteiger partial charge is 0.444 e. The number of hydrogen-bond acceptors (Lipinski definition) is 2. The van der Waals surface area contributed by atoms with Crippen LogP contribution in [0.25, 0.3) is 0 Å². The highest BCUT2D eigenvalue weighted by Gasteiger charge is 2.30. The van der Waals surface area contributed by atoms with Crippen LogP contribution in [0.1, 0.15) is 61.8 Å². The van der Waals surface area contributed by atoms with Crippen molar-refractivity contribution in [3.63, 3.8) is 0 Å². The molecule has 0 saturated carbocycles. The molecule has 1 heterocycles. The Morgan fingerprint density at radius 2 is 1.72 bits per heavy atom. The Bertz CT molecular complexity index is 461. The van der Waals surface area contributed by atoms with Crippen LogP contribution in [-0.4, -0.2) is 29.7 Å². The van der Waals surface area contributed by atoms with Crippen LogP contribution in [0.3, 0.4) is 0 Å². The summed E-state index contributed by atoms with van der Waals surface area (Å²) in [4.78, 5) is 13.0. The smallest absolute Gasteiger partial charge is 0.410 e. The zero-order valence-electron chi connectivity index (χ0n) is 17.7. The maximum absolute atomic E-state index is 11.3. The lowest BCUT2D eigenvalue weighted by molar-refractivity contribution is 0.00153. The topological polar surface area (TPSA) is 29.5 Å². The third-order valence-corrected chi connectivity index (χ3v) is 2.85. The molecule has 144 valence electrons. The van der Waals surface area contributed by atoms with Gasteiger partial charge >= 0.3 is 6.09 Å². The summed E-state index contributed by atoms with van der Waals surface area (Å²) >= 11 is 0. The Kier molecular flexibility index (Phi) is 13.8. The minimum atomic E-state index is -0.365. The van der Waals surface area contributed by atoms with Crippen LogP contribution >= 0.6 is 0 Å². The van der Waals surface area contributed by atoms with Crippen molar-refractivity contribution in [1.82, 2.24) is 4.90 Å². The molecule has 0 aliphatic carbocycles. The minimum absolute atomic E-state index is 0.180. The molecule has 0 atom stereocenters. The van der Waals surface area contributed by atoms with E-state index in [4.69, 9.17) is 4.74 Å². The number of allylic oxidation sites excluding steroid dienone is 6. The third-order valence-electron chi connectivity index (χ3n) is 2.85. The predicted molar refractivity (Wildman–Crippen MR) is 111 cm³/mol. The van der Waals surface area contributed by atoms with E-state index in [-0.39, 0.29) is 11.7 Å². The summed E-state index contributed by atoms with van der Waals surface area (Å²) in [5.74, 6) is 0.637. The number of ether oxygens (including phenoxy) is 1. The lowest BCUT2D eigenvalue weighted by Crippen LogP contribution is -2.50. The first-order valence-corrected chi connectivity index (χ1v) is 9.10. The highest BCUT2D eigenvalue weighted by Crippen LogP contribution is 2.18. The molecule has 25 heavy (non-hydrogen) atoms. The van der Waals surface area contributed by atoms with Crippen molar-refractivity contribution in [3.8, 4) is 0 Å². The third kappa shape index (κ3) is 15.5. The van der Waals surface area contributed by atoms with Crippen molar-refractivity contribution in [1.29, 1.82) is 0 Å². The first-order chi connectivity index (χ1) is 11.5. The van der Waals surface area contributed by atoms with Gasteiger partial charge in [-0.3, -0.25) is 0 Å². The van der Waals surface area contributed by atoms with Gasteiger partial charge in [-0.15, -0.1) is 0 Å². The summed E-state index contributed by atoms with van der Waals surface area (Å²) < 4.78 is 5.18. The first kappa shape index (κ1) is 25.5. The molecule has 0 unspecified atom stereocenters. The number of carbonyl (C=O) groups is 1. The summed E-state index contributed by atoms with van der Waals surface area (Å²) in [6, 6.07) is 0. The molecule has 3 nitrogen and oxygen atoms in total. The monoisotopic (exact) mass is 349 g/mol. The van der Waals surface area contributed by atoms with Gasteiger partial charge in [-0.25, -0.2) is 4.79 Å². The van der Waals surface area contributed by atoms with Gasteiger partial charge in [-0.05, 0) is 46.1 Å². The fourth-order valence-corrected chi connectivity index (χ4v) is 1.70. The van der Waals surface area contributed by atoms with Gasteiger partial charge in [0.2, 0.25) is 0 Å². The van der Waals surface area contributed by atoms with Gasteiger partial charge in [0.25, 0.3) is 0 Å². The van der Waals surface area contributed by atoms with Crippen molar-refractivity contribution in [2.24, 2.45) is 5.92 Å². The van der Waals surface area contributed by atoms with E-state index in [1.54, 1.807) is 4.90 Å². The highest BCUT2D eigenvalue weighted by molar-refractivity contribution is 5.69. The zero-order valence-corrected chi connectivity index (χ0v) is 17.7. The van der Waals surface area contributed by atoms with Gasteiger partial charge < -0.3 is 9.64 Å². The second-order valence-corrected chi connectivity index (χ2v) is 7.37. The molecule has 0 radical (unpaired) electrons. The molecule has 0 spiro atoms. The van der Waals surface area contributed by atoms with E-state index < -0.39 is 0 Å². The number of amides is 1. The van der Waals surface area contributed by atoms with Gasteiger partial charge in [0.05, 0.1) is 0 Å². The Labute approximate surface area is 156 Å². The second kappa shape index (κ2) is 13.5. The van der Waals surface area contributed by atoms with Gasteiger partial charge in [-0.1, -0.05) is 70.2 Å². The molecule has 0 aromatic rings. The normalized spacial score (nSPS) is 14.6. The van der Waals surface area contributed by atoms with Gasteiger partial charge in [-0.2, -0.15) is 0 Å². The van der Waals surface area contributed by atoms with Crippen LogP contribution < -0.4 is 0 Å². The Morgan fingerprint density at radius 1 is 1.24 bits per heavy atom. The van der Waals surface area contributed by atoms with Crippen molar-refractivity contribution in [3.05, 3.63) is 48.6 Å². The van der Waals surface area contributed by atoms with E-state index in [1.165, 1.54) is 6.42 Å². The Morgan fingerprint density at radius 3 is 2.00 bits per heavy atom. The lowest BCUT2D eigenvalue weighted by Gasteiger charge is -2.37. The summed E-state index contributed by atoms with van der Waals surface area (Å²) in [5, 5.41) is 0. The maximum Gasteiger partial charge on any atom is 0.410 e. The van der Waals surface area contributed by atoms with Crippen molar-refractivity contribution in [2.45, 2.75) is 67.4 Å². The summed E-state index contributed by atoms with van der Waals surface area (Å²) in [7, 11) is 0. The number of likely N-dealkylation sites (tertiary alicyclic amines) is 1. The Balaban J connectivity index is 0. The number of carbonyl (C=O) groups excluding carboxylic acids is 1. The molecule has 0 bridgehead atoms. The summed E-state index contributed by atoms with van der Waals surface area (Å²) in [6.07, 6.45) is 8.86. The molecular weight excluding hydrogens is 310 g/mol. The highest BCUT2D eigenvalue weighted by atomic mass is 16.6. The van der Waals surface area contributed by atoms with Crippen LogP contribution in [-0.2, 0) is 4.74 Å². The van der Waals surface area contributed by atoms with E-state index >= 15 is 0 Å². The van der Waals surface area contributed by atoms with E-state index in [0.717, 1.165) is 24.2 Å². The molecule has 3 heteroatoms. The second-order valence-electron chi connectivity index (χ2n) is 7.37. The van der Waals surface area contributed by atoms with Gasteiger partial charge in [0.15, 0.2) is 0 Å². The van der Waals surface area contributed by atoms with Crippen molar-refractivity contribution >= 4 is 6.09 Å². The van der Waals surface area contributed by atoms with Crippen molar-refractivity contribution in [2.75, 3.05) is 13.1 Å². The SMILES string of the molecule is C=CC(/C=C\C(=C)C)=C/C.CC1CN(C(=O)OC(C)(C)C)C1.CCC. The first-order valence-electron chi connectivity index (χ1n) is 9.10. The van der Waals surface area contributed by atoms with Gasteiger partial charge in [0, 0.05) is 13.1 Å². The molecular formula is C22H39NO2. The molecule has 0 aromatic heterocycles. The Hall–Kier alpha value is -1.77. The lowest BCUT2D eigenvalue weighted by atomic mass is 10.0. The van der Waals surface area contributed by atoms with Crippen LogP contribution in [0.4, 0.5) is 4.79 Å². The average molecular weight is 350 g/mol. The average Bonchev–Trinajstić information content (AvgIpc) is 2.44. The molecule has 1 rings (SSSR count).